The van der Waals surface area contributed by atoms with Crippen LogP contribution >= 0.6 is 0 Å². The number of nitrogens with one attached hydrogen (secondary N) is 2. The van der Waals surface area contributed by atoms with Gasteiger partial charge in [-0.05, 0) is 42.3 Å². The number of carbonyl (C=O) groups excluding carboxylic acids is 1. The Morgan fingerprint density at radius 2 is 1.74 bits per heavy atom. The van der Waals surface area contributed by atoms with Crippen LogP contribution in [0, 0.1) is 5.92 Å². The Morgan fingerprint density at radius 1 is 1.00 bits per heavy atom. The molecule has 2 N–H and O–H groups in total. The zero-order valence-electron chi connectivity index (χ0n) is 18.2. The highest BCUT2D eigenvalue weighted by Crippen LogP contribution is 2.32. The molecule has 31 heavy (non-hydrogen) atoms. The summed E-state index contributed by atoms with van der Waals surface area (Å²) in [6, 6.07) is 12.0. The predicted molar refractivity (Wildman–Crippen MR) is 116 cm³/mol. The number of quaternary nitrogens is 1. The van der Waals surface area contributed by atoms with Crippen molar-refractivity contribution in [3.63, 3.8) is 0 Å². The number of benzene rings is 2. The van der Waals surface area contributed by atoms with Gasteiger partial charge in [0.2, 0.25) is 12.7 Å². The largest absolute Gasteiger partial charge is 0.493 e. The van der Waals surface area contributed by atoms with E-state index >= 15 is 0 Å². The first-order valence-corrected chi connectivity index (χ1v) is 10.9. The van der Waals surface area contributed by atoms with E-state index in [1.54, 1.807) is 14.2 Å². The first-order chi connectivity index (χ1) is 15.2. The van der Waals surface area contributed by atoms with Crippen LogP contribution in [0.4, 0.5) is 0 Å². The second kappa shape index (κ2) is 9.92. The summed E-state index contributed by atoms with van der Waals surface area (Å²) < 4.78 is 21.5. The maximum atomic E-state index is 12.6. The van der Waals surface area contributed by atoms with Crippen molar-refractivity contribution in [1.82, 2.24) is 5.32 Å². The van der Waals surface area contributed by atoms with Crippen molar-refractivity contribution in [2.24, 2.45) is 5.92 Å². The molecule has 0 aliphatic carbocycles. The third kappa shape index (κ3) is 5.22. The van der Waals surface area contributed by atoms with Crippen LogP contribution in [0.15, 0.2) is 36.4 Å². The normalized spacial score (nSPS) is 19.7. The number of amides is 1. The third-order valence-corrected chi connectivity index (χ3v) is 6.12. The van der Waals surface area contributed by atoms with Gasteiger partial charge in [0.05, 0.1) is 27.3 Å². The first-order valence-electron chi connectivity index (χ1n) is 10.9. The highest BCUT2D eigenvalue weighted by atomic mass is 16.7. The quantitative estimate of drug-likeness (QED) is 0.670. The van der Waals surface area contributed by atoms with Crippen LogP contribution in [0.25, 0.3) is 0 Å². The van der Waals surface area contributed by atoms with Gasteiger partial charge in [0.1, 0.15) is 6.54 Å². The number of methoxy groups -OCH3 is 2. The number of likely N-dealkylation sites (tertiary alicyclic amines) is 1. The van der Waals surface area contributed by atoms with Gasteiger partial charge in [-0.2, -0.15) is 0 Å². The van der Waals surface area contributed by atoms with Gasteiger partial charge in [-0.1, -0.05) is 6.07 Å². The van der Waals surface area contributed by atoms with Gasteiger partial charge in [-0.25, -0.2) is 0 Å². The molecule has 4 rings (SSSR count). The smallest absolute Gasteiger partial charge is 0.231 e. The van der Waals surface area contributed by atoms with Crippen LogP contribution in [-0.2, 0) is 17.8 Å². The molecule has 1 fully saturated rings. The van der Waals surface area contributed by atoms with Crippen molar-refractivity contribution in [3.8, 4) is 23.0 Å². The second-order valence-electron chi connectivity index (χ2n) is 8.12. The summed E-state index contributed by atoms with van der Waals surface area (Å²) in [4.78, 5) is 14.1. The molecule has 2 aliphatic heterocycles. The summed E-state index contributed by atoms with van der Waals surface area (Å²) in [5, 5.41) is 3.11. The number of hydrogen-bond acceptors (Lipinski definition) is 5. The minimum Gasteiger partial charge on any atom is -0.493 e. The zero-order chi connectivity index (χ0) is 21.6. The van der Waals surface area contributed by atoms with E-state index in [1.807, 2.05) is 24.3 Å². The first kappa shape index (κ1) is 21.3. The molecule has 0 bridgehead atoms. The Kier molecular flexibility index (Phi) is 6.82. The van der Waals surface area contributed by atoms with Gasteiger partial charge in [-0.3, -0.25) is 4.79 Å². The maximum Gasteiger partial charge on any atom is 0.231 e. The number of fused-ring (bicyclic) bond motifs is 1. The molecular weight excluding hydrogens is 396 g/mol. The molecule has 2 aliphatic rings. The fourth-order valence-electron chi connectivity index (χ4n) is 4.32. The van der Waals surface area contributed by atoms with Crippen LogP contribution in [0.3, 0.4) is 0 Å². The monoisotopic (exact) mass is 427 g/mol. The molecule has 2 aromatic rings. The average molecular weight is 428 g/mol. The van der Waals surface area contributed by atoms with E-state index in [1.165, 1.54) is 10.5 Å². The Labute approximate surface area is 183 Å². The van der Waals surface area contributed by atoms with Gasteiger partial charge in [0.15, 0.2) is 23.0 Å². The van der Waals surface area contributed by atoms with Crippen LogP contribution in [0.2, 0.25) is 0 Å². The number of ether oxygens (including phenoxy) is 4. The van der Waals surface area contributed by atoms with Crippen molar-refractivity contribution < 1.29 is 28.6 Å². The number of carbonyl (C=O) groups is 1. The lowest BCUT2D eigenvalue weighted by Crippen LogP contribution is -3.11. The van der Waals surface area contributed by atoms with Gasteiger partial charge in [-0.15, -0.1) is 0 Å². The lowest BCUT2D eigenvalue weighted by molar-refractivity contribution is -0.919. The summed E-state index contributed by atoms with van der Waals surface area (Å²) in [6.45, 7) is 3.88. The summed E-state index contributed by atoms with van der Waals surface area (Å²) in [7, 11) is 3.25. The van der Waals surface area contributed by atoms with Crippen molar-refractivity contribution in [2.45, 2.75) is 25.8 Å². The highest BCUT2D eigenvalue weighted by Gasteiger charge is 2.27. The number of piperidine rings is 1. The molecule has 1 amide bonds. The van der Waals surface area contributed by atoms with E-state index in [-0.39, 0.29) is 11.8 Å². The van der Waals surface area contributed by atoms with E-state index in [4.69, 9.17) is 18.9 Å². The molecule has 2 aromatic carbocycles. The van der Waals surface area contributed by atoms with Gasteiger partial charge in [0, 0.05) is 30.9 Å². The Bertz CT molecular complexity index is 909. The molecule has 0 radical (unpaired) electrons. The summed E-state index contributed by atoms with van der Waals surface area (Å²) in [6.07, 6.45) is 2.60. The van der Waals surface area contributed by atoms with Crippen molar-refractivity contribution >= 4 is 5.91 Å². The van der Waals surface area contributed by atoms with Crippen molar-refractivity contribution in [2.75, 3.05) is 40.6 Å². The molecule has 1 saturated heterocycles. The van der Waals surface area contributed by atoms with Gasteiger partial charge in [0.25, 0.3) is 0 Å². The molecule has 0 unspecified atom stereocenters. The molecular formula is C24H31N2O5+. The fraction of sp³-hybridized carbons (Fsp3) is 0.458. The SMILES string of the molecule is COc1ccc(CCNC(=O)C2CC[NH+](Cc3ccc4c(c3)OCO4)CC2)cc1OC. The van der Waals surface area contributed by atoms with Crippen molar-refractivity contribution in [1.29, 1.82) is 0 Å². The molecule has 7 nitrogen and oxygen atoms in total. The number of rotatable bonds is 8. The van der Waals surface area contributed by atoms with E-state index in [2.05, 4.69) is 17.4 Å². The van der Waals surface area contributed by atoms with Crippen LogP contribution in [0.1, 0.15) is 24.0 Å². The van der Waals surface area contributed by atoms with Crippen molar-refractivity contribution in [3.05, 3.63) is 47.5 Å². The van der Waals surface area contributed by atoms with Crippen LogP contribution in [-0.4, -0.2) is 46.6 Å². The Hall–Kier alpha value is -2.93. The van der Waals surface area contributed by atoms with Gasteiger partial charge >= 0.3 is 0 Å². The lowest BCUT2D eigenvalue weighted by atomic mass is 9.95. The van der Waals surface area contributed by atoms with Crippen LogP contribution in [0.5, 0.6) is 23.0 Å². The Morgan fingerprint density at radius 3 is 2.52 bits per heavy atom. The van der Waals surface area contributed by atoms with E-state index in [0.29, 0.717) is 24.8 Å². The number of hydrogen-bond donors (Lipinski definition) is 2. The zero-order valence-corrected chi connectivity index (χ0v) is 18.2. The summed E-state index contributed by atoms with van der Waals surface area (Å²) in [5.74, 6) is 3.35. The Balaban J connectivity index is 1.20. The topological polar surface area (TPSA) is 70.5 Å². The molecule has 0 atom stereocenters. The predicted octanol–water partition coefficient (Wildman–Crippen LogP) is 1.59. The highest BCUT2D eigenvalue weighted by molar-refractivity contribution is 5.78. The summed E-state index contributed by atoms with van der Waals surface area (Å²) in [5.41, 5.74) is 2.36. The molecule has 2 heterocycles. The average Bonchev–Trinajstić information content (AvgIpc) is 3.27. The minimum atomic E-state index is 0.103. The van der Waals surface area contributed by atoms with Crippen LogP contribution < -0.4 is 29.2 Å². The standard InChI is InChI=1S/C24H30N2O5/c1-28-20-5-3-17(13-22(20)29-2)7-10-25-24(27)19-8-11-26(12-9-19)15-18-4-6-21-23(14-18)31-16-30-21/h3-6,13-14,19H,7-12,15-16H2,1-2H3,(H,25,27)/p+1. The fourth-order valence-corrected chi connectivity index (χ4v) is 4.32. The molecule has 0 spiro atoms. The molecule has 7 heteroatoms. The van der Waals surface area contributed by atoms with Gasteiger partial charge < -0.3 is 29.2 Å². The summed E-state index contributed by atoms with van der Waals surface area (Å²) >= 11 is 0. The second-order valence-corrected chi connectivity index (χ2v) is 8.12. The molecule has 0 saturated carbocycles. The minimum absolute atomic E-state index is 0.103. The third-order valence-electron chi connectivity index (χ3n) is 6.12. The van der Waals surface area contributed by atoms with E-state index in [0.717, 1.165) is 56.0 Å². The maximum absolute atomic E-state index is 12.6. The lowest BCUT2D eigenvalue weighted by Gasteiger charge is -2.28. The van der Waals surface area contributed by atoms with E-state index < -0.39 is 0 Å². The molecule has 166 valence electrons. The van der Waals surface area contributed by atoms with E-state index in [9.17, 15) is 4.79 Å². The molecule has 0 aromatic heterocycles.